The molecule has 0 bridgehead atoms. The highest BCUT2D eigenvalue weighted by Crippen LogP contribution is 2.21. The largest absolute Gasteiger partial charge is 0.483 e. The summed E-state index contributed by atoms with van der Waals surface area (Å²) in [5.41, 5.74) is 1.60. The first-order valence-corrected chi connectivity index (χ1v) is 7.39. The predicted molar refractivity (Wildman–Crippen MR) is 87.3 cm³/mol. The summed E-state index contributed by atoms with van der Waals surface area (Å²) in [5.74, 6) is 0.245. The Morgan fingerprint density at radius 3 is 2.77 bits per heavy atom. The van der Waals surface area contributed by atoms with Crippen LogP contribution in [0.5, 0.6) is 5.75 Å². The zero-order valence-electron chi connectivity index (χ0n) is 11.7. The smallest absolute Gasteiger partial charge is 0.258 e. The SMILES string of the molecule is O=C(COc1ccc(Br)cc1/C=N/O)NCc1ccccc1. The summed E-state index contributed by atoms with van der Waals surface area (Å²) in [6, 6.07) is 14.8. The highest BCUT2D eigenvalue weighted by molar-refractivity contribution is 9.10. The van der Waals surface area contributed by atoms with Crippen molar-refractivity contribution in [3.05, 3.63) is 64.1 Å². The van der Waals surface area contributed by atoms with Crippen LogP contribution in [-0.4, -0.2) is 23.9 Å². The third-order valence-corrected chi connectivity index (χ3v) is 3.35. The minimum Gasteiger partial charge on any atom is -0.483 e. The van der Waals surface area contributed by atoms with Crippen molar-refractivity contribution in [2.75, 3.05) is 6.61 Å². The minimum atomic E-state index is -0.223. The number of oxime groups is 1. The van der Waals surface area contributed by atoms with Crippen LogP contribution in [0, 0.1) is 0 Å². The van der Waals surface area contributed by atoms with Gasteiger partial charge in [0.1, 0.15) is 5.75 Å². The van der Waals surface area contributed by atoms with E-state index < -0.39 is 0 Å². The molecule has 2 aromatic carbocycles. The normalized spacial score (nSPS) is 10.6. The molecule has 22 heavy (non-hydrogen) atoms. The Labute approximate surface area is 136 Å². The van der Waals surface area contributed by atoms with Gasteiger partial charge >= 0.3 is 0 Å². The molecule has 5 nitrogen and oxygen atoms in total. The summed E-state index contributed by atoms with van der Waals surface area (Å²) in [4.78, 5) is 11.8. The lowest BCUT2D eigenvalue weighted by Crippen LogP contribution is -2.28. The number of nitrogens with zero attached hydrogens (tertiary/aromatic N) is 1. The number of halogens is 1. The van der Waals surface area contributed by atoms with Gasteiger partial charge in [-0.25, -0.2) is 0 Å². The topological polar surface area (TPSA) is 70.9 Å². The van der Waals surface area contributed by atoms with Crippen LogP contribution >= 0.6 is 15.9 Å². The monoisotopic (exact) mass is 362 g/mol. The summed E-state index contributed by atoms with van der Waals surface area (Å²) in [5, 5.41) is 14.4. The number of nitrogens with one attached hydrogen (secondary N) is 1. The van der Waals surface area contributed by atoms with Crippen LogP contribution in [0.3, 0.4) is 0 Å². The van der Waals surface area contributed by atoms with Gasteiger partial charge in [0.2, 0.25) is 0 Å². The first-order chi connectivity index (χ1) is 10.7. The molecule has 2 aromatic rings. The van der Waals surface area contributed by atoms with Crippen molar-refractivity contribution < 1.29 is 14.7 Å². The van der Waals surface area contributed by atoms with E-state index >= 15 is 0 Å². The van der Waals surface area contributed by atoms with Crippen molar-refractivity contribution in [2.24, 2.45) is 5.16 Å². The number of ether oxygens (including phenoxy) is 1. The number of rotatable bonds is 6. The van der Waals surface area contributed by atoms with Gasteiger partial charge in [-0.2, -0.15) is 0 Å². The summed E-state index contributed by atoms with van der Waals surface area (Å²) in [7, 11) is 0. The molecule has 0 aliphatic carbocycles. The van der Waals surface area contributed by atoms with Gasteiger partial charge in [-0.15, -0.1) is 0 Å². The molecule has 1 amide bonds. The highest BCUT2D eigenvalue weighted by Gasteiger charge is 2.07. The van der Waals surface area contributed by atoms with E-state index in [-0.39, 0.29) is 12.5 Å². The number of benzene rings is 2. The van der Waals surface area contributed by atoms with Gasteiger partial charge in [-0.3, -0.25) is 4.79 Å². The van der Waals surface area contributed by atoms with Gasteiger partial charge in [0.25, 0.3) is 5.91 Å². The lowest BCUT2D eigenvalue weighted by atomic mass is 10.2. The zero-order valence-corrected chi connectivity index (χ0v) is 13.3. The van der Waals surface area contributed by atoms with Crippen molar-refractivity contribution in [2.45, 2.75) is 6.54 Å². The molecule has 0 saturated heterocycles. The first-order valence-electron chi connectivity index (χ1n) is 6.59. The second-order valence-electron chi connectivity index (χ2n) is 4.48. The maximum Gasteiger partial charge on any atom is 0.258 e. The highest BCUT2D eigenvalue weighted by atomic mass is 79.9. The maximum absolute atomic E-state index is 11.8. The molecule has 0 unspecified atom stereocenters. The number of hydrogen-bond acceptors (Lipinski definition) is 4. The summed E-state index contributed by atoms with van der Waals surface area (Å²) >= 11 is 3.32. The van der Waals surface area contributed by atoms with Crippen LogP contribution in [0.25, 0.3) is 0 Å². The van der Waals surface area contributed by atoms with E-state index in [2.05, 4.69) is 26.4 Å². The predicted octanol–water partition coefficient (Wildman–Crippen LogP) is 2.95. The fourth-order valence-electron chi connectivity index (χ4n) is 1.80. The molecule has 0 atom stereocenters. The Kier molecular flexibility index (Phi) is 5.97. The van der Waals surface area contributed by atoms with E-state index in [1.165, 1.54) is 6.21 Å². The van der Waals surface area contributed by atoms with Crippen LogP contribution < -0.4 is 10.1 Å². The minimum absolute atomic E-state index is 0.110. The second-order valence-corrected chi connectivity index (χ2v) is 5.39. The third kappa shape index (κ3) is 4.89. The van der Waals surface area contributed by atoms with E-state index in [0.29, 0.717) is 17.9 Å². The standard InChI is InChI=1S/C16H15BrN2O3/c17-14-6-7-15(13(8-14)10-19-21)22-11-16(20)18-9-12-4-2-1-3-5-12/h1-8,10,21H,9,11H2,(H,18,20)/b19-10+. The van der Waals surface area contributed by atoms with Gasteiger partial charge in [-0.1, -0.05) is 51.4 Å². The molecule has 6 heteroatoms. The Morgan fingerprint density at radius 2 is 2.05 bits per heavy atom. The van der Waals surface area contributed by atoms with Crippen LogP contribution in [0.15, 0.2) is 58.2 Å². The van der Waals surface area contributed by atoms with Crippen molar-refractivity contribution in [3.8, 4) is 5.75 Å². The molecule has 0 spiro atoms. The van der Waals surface area contributed by atoms with Gasteiger partial charge in [-0.05, 0) is 23.8 Å². The van der Waals surface area contributed by atoms with Gasteiger partial charge in [0.15, 0.2) is 6.61 Å². The van der Waals surface area contributed by atoms with Gasteiger partial charge in [0, 0.05) is 16.6 Å². The first kappa shape index (κ1) is 16.0. The summed E-state index contributed by atoms with van der Waals surface area (Å²) in [6.45, 7) is 0.342. The summed E-state index contributed by atoms with van der Waals surface area (Å²) in [6.07, 6.45) is 1.25. The molecular formula is C16H15BrN2O3. The fraction of sp³-hybridized carbons (Fsp3) is 0.125. The van der Waals surface area contributed by atoms with E-state index in [9.17, 15) is 4.79 Å². The molecule has 0 aromatic heterocycles. The lowest BCUT2D eigenvalue weighted by Gasteiger charge is -2.10. The Bertz CT molecular complexity index is 660. The molecule has 0 heterocycles. The quantitative estimate of drug-likeness (QED) is 0.471. The van der Waals surface area contributed by atoms with Crippen LogP contribution in [0.2, 0.25) is 0 Å². The molecule has 0 aliphatic heterocycles. The lowest BCUT2D eigenvalue weighted by molar-refractivity contribution is -0.123. The molecule has 114 valence electrons. The molecule has 0 aliphatic rings. The average molecular weight is 363 g/mol. The van der Waals surface area contributed by atoms with Crippen molar-refractivity contribution in [1.82, 2.24) is 5.32 Å². The van der Waals surface area contributed by atoms with Crippen LogP contribution in [0.1, 0.15) is 11.1 Å². The number of carbonyl (C=O) groups is 1. The second kappa shape index (κ2) is 8.19. The Hall–Kier alpha value is -2.34. The van der Waals surface area contributed by atoms with E-state index in [4.69, 9.17) is 9.94 Å². The number of amides is 1. The van der Waals surface area contributed by atoms with Crippen LogP contribution in [0.4, 0.5) is 0 Å². The van der Waals surface area contributed by atoms with Crippen LogP contribution in [-0.2, 0) is 11.3 Å². The maximum atomic E-state index is 11.8. The van der Waals surface area contributed by atoms with Crippen molar-refractivity contribution >= 4 is 28.1 Å². The third-order valence-electron chi connectivity index (χ3n) is 2.86. The molecule has 0 radical (unpaired) electrons. The fourth-order valence-corrected chi connectivity index (χ4v) is 2.18. The van der Waals surface area contributed by atoms with Gasteiger partial charge in [0.05, 0.1) is 6.21 Å². The van der Waals surface area contributed by atoms with Crippen molar-refractivity contribution in [1.29, 1.82) is 0 Å². The molecule has 0 saturated carbocycles. The van der Waals surface area contributed by atoms with Crippen molar-refractivity contribution in [3.63, 3.8) is 0 Å². The zero-order chi connectivity index (χ0) is 15.8. The van der Waals surface area contributed by atoms with Gasteiger partial charge < -0.3 is 15.3 Å². The molecule has 0 fully saturated rings. The average Bonchev–Trinajstić information content (AvgIpc) is 2.53. The summed E-state index contributed by atoms with van der Waals surface area (Å²) < 4.78 is 6.28. The Balaban J connectivity index is 1.88. The number of carbonyl (C=O) groups excluding carboxylic acids is 1. The molecular weight excluding hydrogens is 348 g/mol. The Morgan fingerprint density at radius 1 is 1.27 bits per heavy atom. The molecule has 2 rings (SSSR count). The van der Waals surface area contributed by atoms with E-state index in [1.54, 1.807) is 18.2 Å². The molecule has 2 N–H and O–H groups in total. The van der Waals surface area contributed by atoms with E-state index in [1.807, 2.05) is 30.3 Å². The number of hydrogen-bond donors (Lipinski definition) is 2. The van der Waals surface area contributed by atoms with E-state index in [0.717, 1.165) is 10.0 Å².